The Hall–Kier alpha value is -1.56. The van der Waals surface area contributed by atoms with Gasteiger partial charge in [-0.25, -0.2) is 4.79 Å². The molecule has 4 rings (SSSR count). The van der Waals surface area contributed by atoms with E-state index in [9.17, 15) is 9.59 Å². The van der Waals surface area contributed by atoms with Crippen molar-refractivity contribution in [2.45, 2.75) is 45.1 Å². The topological polar surface area (TPSA) is 49.9 Å². The van der Waals surface area contributed by atoms with E-state index in [1.807, 2.05) is 9.80 Å². The van der Waals surface area contributed by atoms with E-state index in [1.165, 1.54) is 16.9 Å². The molecule has 3 heterocycles. The van der Waals surface area contributed by atoms with Crippen LogP contribution in [0.15, 0.2) is 6.07 Å². The van der Waals surface area contributed by atoms with Gasteiger partial charge in [0.05, 0.1) is 11.4 Å². The van der Waals surface area contributed by atoms with Gasteiger partial charge in [0.2, 0.25) is 0 Å². The zero-order valence-electron chi connectivity index (χ0n) is 14.1. The molecule has 6 heteroatoms. The average Bonchev–Trinajstić information content (AvgIpc) is 3.20. The van der Waals surface area contributed by atoms with E-state index in [0.29, 0.717) is 13.2 Å². The summed E-state index contributed by atoms with van der Waals surface area (Å²) < 4.78 is 5.03. The lowest BCUT2D eigenvalue weighted by atomic mass is 9.90. The number of thiophene rings is 1. The standard InChI is InChI=1S/C18H24N2O3S/c1-12-2-3-15-13(10-12)11-16(24-15)17(21)19-6-4-14(5-7-19)20-8-9-23-18(20)22/h11-12,14H,2-10H2,1H3/t12-/m1/s1. The first kappa shape index (κ1) is 15.9. The molecule has 2 aliphatic heterocycles. The van der Waals surface area contributed by atoms with Gasteiger partial charge in [0.1, 0.15) is 6.61 Å². The number of fused-ring (bicyclic) bond motifs is 1. The fourth-order valence-corrected chi connectivity index (χ4v) is 5.26. The molecular weight excluding hydrogens is 324 g/mol. The van der Waals surface area contributed by atoms with Crippen molar-refractivity contribution in [3.05, 3.63) is 21.4 Å². The van der Waals surface area contributed by atoms with E-state index in [-0.39, 0.29) is 18.0 Å². The van der Waals surface area contributed by atoms with Crippen LogP contribution in [0.1, 0.15) is 46.3 Å². The molecule has 2 fully saturated rings. The molecule has 0 radical (unpaired) electrons. The molecule has 0 saturated carbocycles. The van der Waals surface area contributed by atoms with Crippen molar-refractivity contribution in [2.24, 2.45) is 5.92 Å². The van der Waals surface area contributed by atoms with Crippen LogP contribution >= 0.6 is 11.3 Å². The predicted molar refractivity (Wildman–Crippen MR) is 92.5 cm³/mol. The van der Waals surface area contributed by atoms with E-state index in [0.717, 1.165) is 49.6 Å². The highest BCUT2D eigenvalue weighted by molar-refractivity contribution is 7.14. The van der Waals surface area contributed by atoms with Crippen molar-refractivity contribution in [1.82, 2.24) is 9.80 Å². The van der Waals surface area contributed by atoms with Crippen LogP contribution in [0.2, 0.25) is 0 Å². The average molecular weight is 348 g/mol. The minimum absolute atomic E-state index is 0.171. The molecule has 0 N–H and O–H groups in total. The van der Waals surface area contributed by atoms with E-state index in [4.69, 9.17) is 4.74 Å². The van der Waals surface area contributed by atoms with Gasteiger partial charge < -0.3 is 14.5 Å². The summed E-state index contributed by atoms with van der Waals surface area (Å²) in [6, 6.07) is 2.35. The van der Waals surface area contributed by atoms with Gasteiger partial charge in [0, 0.05) is 24.0 Å². The molecule has 2 saturated heterocycles. The maximum absolute atomic E-state index is 12.8. The van der Waals surface area contributed by atoms with Crippen LogP contribution in [-0.2, 0) is 17.6 Å². The Bertz CT molecular complexity index is 649. The van der Waals surface area contributed by atoms with Crippen LogP contribution in [-0.4, -0.2) is 54.1 Å². The molecule has 5 nitrogen and oxygen atoms in total. The second kappa shape index (κ2) is 6.39. The first-order valence-electron chi connectivity index (χ1n) is 8.96. The Morgan fingerprint density at radius 2 is 2.04 bits per heavy atom. The van der Waals surface area contributed by atoms with E-state index >= 15 is 0 Å². The summed E-state index contributed by atoms with van der Waals surface area (Å²) in [5.74, 6) is 0.899. The van der Waals surface area contributed by atoms with Crippen LogP contribution in [0, 0.1) is 5.92 Å². The third-order valence-electron chi connectivity index (χ3n) is 5.52. The fourth-order valence-electron chi connectivity index (χ4n) is 4.08. The number of aryl methyl sites for hydroxylation is 1. The van der Waals surface area contributed by atoms with Crippen molar-refractivity contribution in [1.29, 1.82) is 0 Å². The molecule has 1 aromatic rings. The Labute approximate surface area is 146 Å². The van der Waals surface area contributed by atoms with Gasteiger partial charge in [-0.05, 0) is 49.7 Å². The van der Waals surface area contributed by atoms with Gasteiger partial charge in [-0.1, -0.05) is 6.92 Å². The first-order valence-corrected chi connectivity index (χ1v) is 9.77. The lowest BCUT2D eigenvalue weighted by molar-refractivity contribution is 0.0663. The van der Waals surface area contributed by atoms with Crippen molar-refractivity contribution in [3.8, 4) is 0 Å². The number of carbonyl (C=O) groups excluding carboxylic acids is 2. The molecule has 0 spiro atoms. The Balaban J connectivity index is 1.39. The second-order valence-corrected chi connectivity index (χ2v) is 8.37. The third-order valence-corrected chi connectivity index (χ3v) is 6.75. The summed E-state index contributed by atoms with van der Waals surface area (Å²) in [4.78, 5) is 30.6. The smallest absolute Gasteiger partial charge is 0.410 e. The van der Waals surface area contributed by atoms with Crippen LogP contribution < -0.4 is 0 Å². The molecule has 3 aliphatic rings. The quantitative estimate of drug-likeness (QED) is 0.826. The zero-order chi connectivity index (χ0) is 16.7. The van der Waals surface area contributed by atoms with Crippen LogP contribution in [0.3, 0.4) is 0 Å². The molecule has 1 aliphatic carbocycles. The summed E-state index contributed by atoms with van der Waals surface area (Å²) in [6.45, 7) is 4.93. The molecule has 1 atom stereocenters. The van der Waals surface area contributed by atoms with Gasteiger partial charge in [-0.3, -0.25) is 4.79 Å². The number of hydrogen-bond acceptors (Lipinski definition) is 4. The molecule has 2 amide bonds. The molecular formula is C18H24N2O3S. The maximum atomic E-state index is 12.8. The summed E-state index contributed by atoms with van der Waals surface area (Å²) in [7, 11) is 0. The van der Waals surface area contributed by atoms with Gasteiger partial charge in [-0.2, -0.15) is 0 Å². The number of hydrogen-bond donors (Lipinski definition) is 0. The van der Waals surface area contributed by atoms with E-state index in [1.54, 1.807) is 11.3 Å². The number of amides is 2. The number of cyclic esters (lactones) is 1. The van der Waals surface area contributed by atoms with Crippen molar-refractivity contribution in [3.63, 3.8) is 0 Å². The predicted octanol–water partition coefficient (Wildman–Crippen LogP) is 2.93. The van der Waals surface area contributed by atoms with Crippen molar-refractivity contribution >= 4 is 23.3 Å². The number of ether oxygens (including phenoxy) is 1. The highest BCUT2D eigenvalue weighted by atomic mass is 32.1. The minimum Gasteiger partial charge on any atom is -0.448 e. The van der Waals surface area contributed by atoms with Crippen LogP contribution in [0.4, 0.5) is 4.79 Å². The normalized spacial score (nSPS) is 24.9. The molecule has 24 heavy (non-hydrogen) atoms. The Morgan fingerprint density at radius 1 is 1.25 bits per heavy atom. The fraction of sp³-hybridized carbons (Fsp3) is 0.667. The highest BCUT2D eigenvalue weighted by Crippen LogP contribution is 2.33. The lowest BCUT2D eigenvalue weighted by Gasteiger charge is -2.35. The second-order valence-electron chi connectivity index (χ2n) is 7.24. The SMILES string of the molecule is C[C@@H]1CCc2sc(C(=O)N3CCC(N4CCOC4=O)CC3)cc2C1. The number of carbonyl (C=O) groups is 2. The van der Waals surface area contributed by atoms with Gasteiger partial charge >= 0.3 is 6.09 Å². The van der Waals surface area contributed by atoms with E-state index < -0.39 is 0 Å². The lowest BCUT2D eigenvalue weighted by Crippen LogP contribution is -2.47. The summed E-state index contributed by atoms with van der Waals surface area (Å²) in [5.41, 5.74) is 1.39. The van der Waals surface area contributed by atoms with Gasteiger partial charge in [0.15, 0.2) is 0 Å². The van der Waals surface area contributed by atoms with Crippen LogP contribution in [0.25, 0.3) is 0 Å². The van der Waals surface area contributed by atoms with Crippen LogP contribution in [0.5, 0.6) is 0 Å². The molecule has 130 valence electrons. The number of rotatable bonds is 2. The van der Waals surface area contributed by atoms with Gasteiger partial charge in [-0.15, -0.1) is 11.3 Å². The van der Waals surface area contributed by atoms with E-state index in [2.05, 4.69) is 13.0 Å². The molecule has 1 aromatic heterocycles. The zero-order valence-corrected chi connectivity index (χ0v) is 14.9. The van der Waals surface area contributed by atoms with Gasteiger partial charge in [0.25, 0.3) is 5.91 Å². The summed E-state index contributed by atoms with van der Waals surface area (Å²) in [6.07, 6.45) is 4.97. The Kier molecular flexibility index (Phi) is 4.24. The molecule has 0 aromatic carbocycles. The van der Waals surface area contributed by atoms with Crippen molar-refractivity contribution in [2.75, 3.05) is 26.2 Å². The number of nitrogens with zero attached hydrogens (tertiary/aromatic N) is 2. The third kappa shape index (κ3) is 2.92. The maximum Gasteiger partial charge on any atom is 0.410 e. The molecule has 0 unspecified atom stereocenters. The molecule has 0 bridgehead atoms. The highest BCUT2D eigenvalue weighted by Gasteiger charge is 2.34. The number of piperidine rings is 1. The largest absolute Gasteiger partial charge is 0.448 e. The Morgan fingerprint density at radius 3 is 2.75 bits per heavy atom. The minimum atomic E-state index is -0.195. The number of likely N-dealkylation sites (tertiary alicyclic amines) is 1. The van der Waals surface area contributed by atoms with Crippen molar-refractivity contribution < 1.29 is 14.3 Å². The summed E-state index contributed by atoms with van der Waals surface area (Å²) >= 11 is 1.69. The monoisotopic (exact) mass is 348 g/mol. The summed E-state index contributed by atoms with van der Waals surface area (Å²) in [5, 5.41) is 0. The first-order chi connectivity index (χ1) is 11.6.